The molecule has 12 heteroatoms. The lowest BCUT2D eigenvalue weighted by atomic mass is 10.1. The quantitative estimate of drug-likeness (QED) is 0.269. The molecule has 0 radical (unpaired) electrons. The van der Waals surface area contributed by atoms with Gasteiger partial charge in [0.1, 0.15) is 5.75 Å². The van der Waals surface area contributed by atoms with E-state index in [9.17, 15) is 9.59 Å². The van der Waals surface area contributed by atoms with Crippen molar-refractivity contribution in [3.63, 3.8) is 0 Å². The van der Waals surface area contributed by atoms with Crippen LogP contribution in [0.15, 0.2) is 103 Å². The van der Waals surface area contributed by atoms with Crippen LogP contribution in [0, 0.1) is 20.8 Å². The number of hydrogen-bond acceptors (Lipinski definition) is 10. The molecular formula is C30H30N6O6. The van der Waals surface area contributed by atoms with Crippen molar-refractivity contribution in [2.75, 3.05) is 6.61 Å². The maximum absolute atomic E-state index is 10.7. The molecule has 0 atom stereocenters. The van der Waals surface area contributed by atoms with Gasteiger partial charge >= 0.3 is 11.4 Å². The van der Waals surface area contributed by atoms with Gasteiger partial charge in [-0.2, -0.15) is 15.1 Å². The number of hydrogen-bond donors (Lipinski definition) is 3. The van der Waals surface area contributed by atoms with E-state index in [1.54, 1.807) is 0 Å². The zero-order chi connectivity index (χ0) is 30.1. The minimum Gasteiger partial charge on any atom is -0.493 e. The van der Waals surface area contributed by atoms with Crippen molar-refractivity contribution < 1.29 is 18.6 Å². The summed E-state index contributed by atoms with van der Waals surface area (Å²) in [7, 11) is 0. The summed E-state index contributed by atoms with van der Waals surface area (Å²) in [5, 5.41) is 5.71. The number of H-pyrrole nitrogens is 2. The molecule has 0 saturated carbocycles. The van der Waals surface area contributed by atoms with Crippen molar-refractivity contribution >= 4 is 5.84 Å². The van der Waals surface area contributed by atoms with Crippen LogP contribution in [-0.2, 0) is 4.84 Å². The molecule has 0 unspecified atom stereocenters. The van der Waals surface area contributed by atoms with Gasteiger partial charge in [-0.1, -0.05) is 58.7 Å². The molecule has 0 spiro atoms. The van der Waals surface area contributed by atoms with Crippen molar-refractivity contribution in [3.05, 3.63) is 122 Å². The van der Waals surface area contributed by atoms with Crippen LogP contribution in [0.1, 0.15) is 29.2 Å². The van der Waals surface area contributed by atoms with E-state index in [1.165, 1.54) is 0 Å². The van der Waals surface area contributed by atoms with Crippen LogP contribution in [0.25, 0.3) is 22.8 Å². The summed E-state index contributed by atoms with van der Waals surface area (Å²) in [6.45, 7) is 12.2. The monoisotopic (exact) mass is 570 g/mol. The number of rotatable bonds is 5. The van der Waals surface area contributed by atoms with E-state index in [1.807, 2.05) is 94.4 Å². The second kappa shape index (κ2) is 13.6. The fraction of sp³-hybridized carbons (Fsp3) is 0.167. The molecule has 3 heterocycles. The molecule has 5 aromatic rings. The summed E-state index contributed by atoms with van der Waals surface area (Å²) in [6.07, 6.45) is 0. The van der Waals surface area contributed by atoms with Crippen LogP contribution < -0.4 is 21.7 Å². The Morgan fingerprint density at radius 2 is 1.52 bits per heavy atom. The maximum Gasteiger partial charge on any atom is 0.439 e. The average Bonchev–Trinajstić information content (AvgIpc) is 3.72. The van der Waals surface area contributed by atoms with Crippen molar-refractivity contribution in [1.82, 2.24) is 25.8 Å². The molecule has 0 bridgehead atoms. The predicted molar refractivity (Wildman–Crippen MR) is 157 cm³/mol. The Morgan fingerprint density at radius 3 is 2.05 bits per heavy atom. The van der Waals surface area contributed by atoms with Gasteiger partial charge in [0.15, 0.2) is 11.7 Å². The van der Waals surface area contributed by atoms with E-state index in [4.69, 9.17) is 14.1 Å². The van der Waals surface area contributed by atoms with E-state index in [0.29, 0.717) is 30.0 Å². The first-order valence-corrected chi connectivity index (χ1v) is 12.9. The number of aromatic nitrogens is 4. The smallest absolute Gasteiger partial charge is 0.439 e. The topological polar surface area (TPSA) is 161 Å². The summed E-state index contributed by atoms with van der Waals surface area (Å²) in [6, 6.07) is 21.2. The van der Waals surface area contributed by atoms with Crippen LogP contribution in [-0.4, -0.2) is 32.7 Å². The normalized spacial score (nSPS) is 11.7. The van der Waals surface area contributed by atoms with Gasteiger partial charge in [-0.05, 0) is 64.1 Å². The molecule has 0 aliphatic carbocycles. The second-order valence-electron chi connectivity index (χ2n) is 9.09. The summed E-state index contributed by atoms with van der Waals surface area (Å²) in [4.78, 5) is 36.5. The first kappa shape index (κ1) is 29.3. The van der Waals surface area contributed by atoms with Crippen LogP contribution in [0.5, 0.6) is 5.75 Å². The molecule has 0 amide bonds. The van der Waals surface area contributed by atoms with Gasteiger partial charge < -0.3 is 14.1 Å². The number of aliphatic imine (C=N–C) groups is 1. The Morgan fingerprint density at radius 1 is 0.881 bits per heavy atom. The number of nitrogens with one attached hydrogen (secondary N) is 3. The molecule has 12 nitrogen and oxygen atoms in total. The van der Waals surface area contributed by atoms with Crippen LogP contribution in [0.2, 0.25) is 0 Å². The molecule has 0 saturated heterocycles. The highest BCUT2D eigenvalue weighted by Gasteiger charge is 2.16. The Bertz CT molecular complexity index is 1690. The molecule has 3 N–H and O–H groups in total. The van der Waals surface area contributed by atoms with Gasteiger partial charge in [0.2, 0.25) is 5.88 Å². The maximum atomic E-state index is 10.7. The summed E-state index contributed by atoms with van der Waals surface area (Å²) in [5.41, 5.74) is 8.23. The van der Waals surface area contributed by atoms with Crippen LogP contribution in [0.3, 0.4) is 0 Å². The van der Waals surface area contributed by atoms with Gasteiger partial charge in [-0.25, -0.2) is 15.1 Å². The number of aromatic amines is 2. The molecule has 0 fully saturated rings. The molecule has 6 rings (SSSR count). The number of aryl methyl sites for hydroxylation is 3. The molecule has 42 heavy (non-hydrogen) atoms. The molecule has 2 aromatic heterocycles. The van der Waals surface area contributed by atoms with E-state index < -0.39 is 11.4 Å². The number of nitrogens with zero attached hydrogens (tertiary/aromatic N) is 3. The van der Waals surface area contributed by atoms with E-state index in [2.05, 4.69) is 41.9 Å². The van der Waals surface area contributed by atoms with E-state index >= 15 is 0 Å². The second-order valence-corrected chi connectivity index (χ2v) is 9.09. The van der Waals surface area contributed by atoms with Gasteiger partial charge in [0, 0.05) is 11.1 Å². The lowest BCUT2D eigenvalue weighted by Crippen LogP contribution is -2.18. The molecule has 1 aliphatic rings. The highest BCUT2D eigenvalue weighted by Crippen LogP contribution is 2.23. The lowest BCUT2D eigenvalue weighted by Gasteiger charge is -2.10. The van der Waals surface area contributed by atoms with Gasteiger partial charge in [-0.15, -0.1) is 0 Å². The highest BCUT2D eigenvalue weighted by atomic mass is 16.7. The highest BCUT2D eigenvalue weighted by molar-refractivity contribution is 6.01. The third kappa shape index (κ3) is 7.94. The minimum absolute atomic E-state index is 0.324. The molecular weight excluding hydrogens is 540 g/mol. The number of benzene rings is 3. The van der Waals surface area contributed by atoms with Crippen LogP contribution >= 0.6 is 0 Å². The fourth-order valence-electron chi connectivity index (χ4n) is 3.61. The molecule has 3 aromatic carbocycles. The zero-order valence-corrected chi connectivity index (χ0v) is 23.6. The van der Waals surface area contributed by atoms with Gasteiger partial charge in [0.25, 0.3) is 5.89 Å². The summed E-state index contributed by atoms with van der Waals surface area (Å²) >= 11 is 0. The summed E-state index contributed by atoms with van der Waals surface area (Å²) in [5.74, 6) is 2.05. The standard InChI is InChI=1S/C12H14N2O2.2C9H8N2O2/c1-4-15-11-7-8(2)5-6-10(11)12-13-9(3)16-14-12;1-6-2-4-7(5-3-6)8-10-9(12)11-13-8;1-6-2-4-7(5-3-6)8-10-9(12)13-11-8/h5-7H,3-4H2,1-2H3,(H,13,14);2-5H,1H3,(H,11,12);2-5H,1H3,(H,10,11,12). The average molecular weight is 571 g/mol. The van der Waals surface area contributed by atoms with Crippen LogP contribution in [0.4, 0.5) is 0 Å². The molecule has 216 valence electrons. The van der Waals surface area contributed by atoms with Crippen molar-refractivity contribution in [2.24, 2.45) is 4.99 Å². The fourth-order valence-corrected chi connectivity index (χ4v) is 3.61. The number of amidine groups is 1. The van der Waals surface area contributed by atoms with E-state index in [0.717, 1.165) is 39.1 Å². The SMILES string of the molecule is C=C1N=C(c2ccc(C)cc2OCC)NO1.Cc1ccc(-c2nc(=O)[nH]o2)cc1.Cc1ccc(-c2noc(=O)[nH]2)cc1. The van der Waals surface area contributed by atoms with Crippen molar-refractivity contribution in [2.45, 2.75) is 27.7 Å². The van der Waals surface area contributed by atoms with Crippen molar-refractivity contribution in [3.8, 4) is 28.6 Å². The zero-order valence-electron chi connectivity index (χ0n) is 23.6. The number of ether oxygens (including phenoxy) is 1. The van der Waals surface area contributed by atoms with Gasteiger partial charge in [0.05, 0.1) is 12.2 Å². The Labute approximate surface area is 240 Å². The molecule has 1 aliphatic heterocycles. The van der Waals surface area contributed by atoms with E-state index in [-0.39, 0.29) is 0 Å². The Balaban J connectivity index is 0.000000146. The first-order chi connectivity index (χ1) is 20.2. The third-order valence-electron chi connectivity index (χ3n) is 5.70. The minimum atomic E-state index is -0.532. The Kier molecular flexibility index (Phi) is 9.51. The third-order valence-corrected chi connectivity index (χ3v) is 5.70. The Hall–Kier alpha value is -5.65. The van der Waals surface area contributed by atoms with Crippen molar-refractivity contribution in [1.29, 1.82) is 0 Å². The predicted octanol–water partition coefficient (Wildman–Crippen LogP) is 4.82. The first-order valence-electron chi connectivity index (χ1n) is 12.9. The lowest BCUT2D eigenvalue weighted by molar-refractivity contribution is 0.179. The van der Waals surface area contributed by atoms with Gasteiger partial charge in [-0.3, -0.25) is 9.51 Å². The summed E-state index contributed by atoms with van der Waals surface area (Å²) < 4.78 is 14.8. The largest absolute Gasteiger partial charge is 0.493 e. The number of hydroxylamine groups is 1.